The van der Waals surface area contributed by atoms with Gasteiger partial charge in [-0.1, -0.05) is 0 Å². The average Bonchev–Trinajstić information content (AvgIpc) is 2.20. The van der Waals surface area contributed by atoms with E-state index in [-0.39, 0.29) is 5.75 Å². The summed E-state index contributed by atoms with van der Waals surface area (Å²) in [7, 11) is -2.93. The first-order chi connectivity index (χ1) is 4.67. The second-order valence-electron chi connectivity index (χ2n) is 2.31. The Kier molecular flexibility index (Phi) is 0.922. The molecule has 2 heterocycles. The first kappa shape index (κ1) is 5.85. The number of hydrogen-bond donors (Lipinski definition) is 0. The van der Waals surface area contributed by atoms with Crippen LogP contribution in [-0.2, 0) is 9.84 Å². The van der Waals surface area contributed by atoms with Gasteiger partial charge < -0.3 is 0 Å². The Balaban J connectivity index is 2.62. The molecule has 52 valence electrons. The third kappa shape index (κ3) is 0.724. The Bertz CT molecular complexity index is 359. The maximum absolute atomic E-state index is 10.9. The lowest BCUT2D eigenvalue weighted by atomic mass is 10.2. The quantitative estimate of drug-likeness (QED) is 0.504. The molecule has 0 N–H and O–H groups in total. The lowest BCUT2D eigenvalue weighted by molar-refractivity contribution is 0.608. The number of rotatable bonds is 0. The molecule has 2 rings (SSSR count). The van der Waals surface area contributed by atoms with Crippen LogP contribution in [0.1, 0.15) is 0 Å². The summed E-state index contributed by atoms with van der Waals surface area (Å²) in [6.45, 7) is 0. The summed E-state index contributed by atoms with van der Waals surface area (Å²) in [6.07, 6.45) is 3.16. The second-order valence-corrected chi connectivity index (χ2v) is 4.16. The molecule has 10 heavy (non-hydrogen) atoms. The van der Waals surface area contributed by atoms with Gasteiger partial charge in [0.2, 0.25) is 0 Å². The fourth-order valence-corrected chi connectivity index (χ4v) is 2.40. The third-order valence-electron chi connectivity index (χ3n) is 1.48. The van der Waals surface area contributed by atoms with Gasteiger partial charge in [-0.25, -0.2) is 8.42 Å². The first-order valence-electron chi connectivity index (χ1n) is 2.84. The maximum Gasteiger partial charge on any atom is 0.176 e. The van der Waals surface area contributed by atoms with E-state index in [1.807, 2.05) is 0 Å². The highest BCUT2D eigenvalue weighted by Gasteiger charge is 2.24. The molecule has 0 fully saturated rings. The highest BCUT2D eigenvalue weighted by atomic mass is 32.2. The zero-order valence-electron chi connectivity index (χ0n) is 5.11. The minimum absolute atomic E-state index is 0.127. The molecule has 0 aliphatic carbocycles. The van der Waals surface area contributed by atoms with E-state index >= 15 is 0 Å². The van der Waals surface area contributed by atoms with Crippen molar-refractivity contribution in [1.29, 1.82) is 0 Å². The zero-order chi connectivity index (χ0) is 7.19. The van der Waals surface area contributed by atoms with E-state index in [9.17, 15) is 8.42 Å². The number of hydrogen-bond acceptors (Lipinski definition) is 3. The summed E-state index contributed by atoms with van der Waals surface area (Å²) in [4.78, 5) is 3.81. The van der Waals surface area contributed by atoms with Crippen LogP contribution in [0.4, 0.5) is 0 Å². The highest BCUT2D eigenvalue weighted by molar-refractivity contribution is 7.94. The van der Waals surface area contributed by atoms with E-state index < -0.39 is 9.84 Å². The van der Waals surface area contributed by atoms with Crippen molar-refractivity contribution in [3.63, 3.8) is 0 Å². The Morgan fingerprint density at radius 1 is 1.50 bits per heavy atom. The van der Waals surface area contributed by atoms with Gasteiger partial charge in [0.1, 0.15) is 0 Å². The first-order valence-corrected chi connectivity index (χ1v) is 4.56. The van der Waals surface area contributed by atoms with Crippen molar-refractivity contribution in [2.24, 2.45) is 4.99 Å². The molecule has 0 aromatic heterocycles. The second kappa shape index (κ2) is 1.58. The summed E-state index contributed by atoms with van der Waals surface area (Å²) >= 11 is 0. The van der Waals surface area contributed by atoms with E-state index in [0.29, 0.717) is 0 Å². The third-order valence-corrected chi connectivity index (χ3v) is 2.80. The van der Waals surface area contributed by atoms with E-state index in [1.165, 1.54) is 5.41 Å². The van der Waals surface area contributed by atoms with Crippen LogP contribution in [0.2, 0.25) is 0 Å². The number of fused-ring (bicyclic) bond motifs is 1. The lowest BCUT2D eigenvalue weighted by Crippen LogP contribution is -1.95. The molecule has 4 heteroatoms. The van der Waals surface area contributed by atoms with Gasteiger partial charge >= 0.3 is 0 Å². The van der Waals surface area contributed by atoms with Crippen LogP contribution in [-0.4, -0.2) is 20.4 Å². The van der Waals surface area contributed by atoms with Crippen LogP contribution in [0.15, 0.2) is 27.7 Å². The van der Waals surface area contributed by atoms with Gasteiger partial charge in [0.25, 0.3) is 0 Å². The van der Waals surface area contributed by atoms with Crippen LogP contribution in [0.3, 0.4) is 0 Å². The standard InChI is InChI=1S/C6H5NO2S/c8-10(9)3-5-1-7-2-6(5)4-10/h1-3H,4H2. The minimum atomic E-state index is -2.93. The molecule has 0 aromatic carbocycles. The van der Waals surface area contributed by atoms with Crippen molar-refractivity contribution in [2.75, 3.05) is 5.75 Å². The molecule has 0 aromatic rings. The normalized spacial score (nSPS) is 26.0. The van der Waals surface area contributed by atoms with Crippen molar-refractivity contribution in [3.05, 3.63) is 22.8 Å². The Labute approximate surface area is 58.7 Å². The number of nitrogens with zero attached hydrogens (tertiary/aromatic N) is 1. The number of sulfone groups is 1. The summed E-state index contributed by atoms with van der Waals surface area (Å²) in [5.41, 5.74) is 1.57. The summed E-state index contributed by atoms with van der Waals surface area (Å²) in [6, 6.07) is 0. The van der Waals surface area contributed by atoms with Crippen LogP contribution in [0, 0.1) is 0 Å². The highest BCUT2D eigenvalue weighted by Crippen LogP contribution is 2.24. The predicted molar refractivity (Wildman–Crippen MR) is 38.4 cm³/mol. The van der Waals surface area contributed by atoms with E-state index in [4.69, 9.17) is 0 Å². The van der Waals surface area contributed by atoms with Gasteiger partial charge in [-0.15, -0.1) is 0 Å². The molecule has 0 saturated heterocycles. The predicted octanol–water partition coefficient (Wildman–Crippen LogP) is 0.267. The van der Waals surface area contributed by atoms with E-state index in [1.54, 1.807) is 12.4 Å². The van der Waals surface area contributed by atoms with Gasteiger partial charge in [0.05, 0.1) is 5.75 Å². The van der Waals surface area contributed by atoms with Crippen LogP contribution in [0.25, 0.3) is 0 Å². The minimum Gasteiger partial charge on any atom is -0.264 e. The summed E-state index contributed by atoms with van der Waals surface area (Å²) in [5.74, 6) is 0.127. The van der Waals surface area contributed by atoms with Gasteiger partial charge in [-0.3, -0.25) is 4.99 Å². The molecule has 2 aliphatic heterocycles. The van der Waals surface area contributed by atoms with Gasteiger partial charge in [-0.05, 0) is 5.57 Å². The molecule has 2 aliphatic rings. The summed E-state index contributed by atoms with van der Waals surface area (Å²) < 4.78 is 21.7. The molecule has 0 spiro atoms. The molecule has 0 bridgehead atoms. The van der Waals surface area contributed by atoms with E-state index in [0.717, 1.165) is 11.1 Å². The molecule has 0 unspecified atom stereocenters. The van der Waals surface area contributed by atoms with Crippen molar-refractivity contribution in [2.45, 2.75) is 0 Å². The Morgan fingerprint density at radius 2 is 2.30 bits per heavy atom. The molecule has 0 amide bonds. The van der Waals surface area contributed by atoms with Crippen LogP contribution in [0.5, 0.6) is 0 Å². The lowest BCUT2D eigenvalue weighted by Gasteiger charge is -1.85. The largest absolute Gasteiger partial charge is 0.264 e. The summed E-state index contributed by atoms with van der Waals surface area (Å²) in [5, 5.41) is 1.27. The zero-order valence-corrected chi connectivity index (χ0v) is 5.93. The molecule has 0 saturated carbocycles. The smallest absolute Gasteiger partial charge is 0.176 e. The molecule has 3 nitrogen and oxygen atoms in total. The van der Waals surface area contributed by atoms with Gasteiger partial charge in [0.15, 0.2) is 9.84 Å². The number of allylic oxidation sites excluding steroid dienone is 1. The molecular weight excluding hydrogens is 150 g/mol. The van der Waals surface area contributed by atoms with Gasteiger partial charge in [-0.2, -0.15) is 0 Å². The fourth-order valence-electron chi connectivity index (χ4n) is 1.04. The Hall–Kier alpha value is -0.900. The van der Waals surface area contributed by atoms with Crippen LogP contribution >= 0.6 is 0 Å². The van der Waals surface area contributed by atoms with Crippen molar-refractivity contribution in [3.8, 4) is 0 Å². The fraction of sp³-hybridized carbons (Fsp3) is 0.167. The molecular formula is C6H5NO2S. The Morgan fingerprint density at radius 3 is 3.00 bits per heavy atom. The van der Waals surface area contributed by atoms with Crippen molar-refractivity contribution < 1.29 is 8.42 Å². The van der Waals surface area contributed by atoms with Crippen molar-refractivity contribution >= 4 is 16.1 Å². The topological polar surface area (TPSA) is 46.5 Å². The van der Waals surface area contributed by atoms with Gasteiger partial charge in [0, 0.05) is 23.4 Å². The van der Waals surface area contributed by atoms with Crippen molar-refractivity contribution in [1.82, 2.24) is 0 Å². The average molecular weight is 155 g/mol. The number of aliphatic imine (C=N–C) groups is 1. The SMILES string of the molecule is O=S1(=O)C=C2C=NC=C2C1. The maximum atomic E-state index is 10.9. The van der Waals surface area contributed by atoms with E-state index in [2.05, 4.69) is 4.99 Å². The molecule has 0 atom stereocenters. The monoisotopic (exact) mass is 155 g/mol. The van der Waals surface area contributed by atoms with Crippen LogP contribution < -0.4 is 0 Å². The molecule has 0 radical (unpaired) electrons.